The molecular formula is C17H18N4OS2. The van der Waals surface area contributed by atoms with Crippen molar-refractivity contribution in [1.29, 1.82) is 0 Å². The lowest BCUT2D eigenvalue weighted by molar-refractivity contribution is -0.115. The third-order valence-electron chi connectivity index (χ3n) is 3.52. The van der Waals surface area contributed by atoms with Crippen molar-refractivity contribution in [1.82, 2.24) is 15.2 Å². The van der Waals surface area contributed by atoms with Gasteiger partial charge >= 0.3 is 0 Å². The molecule has 0 bridgehead atoms. The minimum Gasteiger partial charge on any atom is -0.325 e. The lowest BCUT2D eigenvalue weighted by Gasteiger charge is -2.12. The Morgan fingerprint density at radius 1 is 1.33 bits per heavy atom. The minimum absolute atomic E-state index is 0.0591. The van der Waals surface area contributed by atoms with Crippen LogP contribution in [0.25, 0.3) is 10.7 Å². The van der Waals surface area contributed by atoms with Crippen LogP contribution in [-0.2, 0) is 4.79 Å². The number of nitrogens with one attached hydrogen (secondary N) is 2. The maximum Gasteiger partial charge on any atom is 0.237 e. The number of nitrogens with zero attached hydrogens (tertiary/aromatic N) is 2. The molecule has 0 aliphatic heterocycles. The second-order valence-electron chi connectivity index (χ2n) is 5.51. The van der Waals surface area contributed by atoms with E-state index in [0.29, 0.717) is 5.16 Å². The zero-order valence-corrected chi connectivity index (χ0v) is 15.3. The Kier molecular flexibility index (Phi) is 5.01. The normalized spacial score (nSPS) is 12.1. The average Bonchev–Trinajstić information content (AvgIpc) is 3.21. The van der Waals surface area contributed by atoms with E-state index in [1.165, 1.54) is 11.8 Å². The number of amides is 1. The van der Waals surface area contributed by atoms with Gasteiger partial charge in [-0.05, 0) is 49.4 Å². The molecule has 1 amide bonds. The molecule has 5 nitrogen and oxygen atoms in total. The fourth-order valence-electron chi connectivity index (χ4n) is 2.14. The molecule has 0 aliphatic carbocycles. The van der Waals surface area contributed by atoms with Crippen LogP contribution in [-0.4, -0.2) is 26.3 Å². The summed E-state index contributed by atoms with van der Waals surface area (Å²) in [4.78, 5) is 17.9. The predicted molar refractivity (Wildman–Crippen MR) is 99.6 cm³/mol. The van der Waals surface area contributed by atoms with Gasteiger partial charge in [0.1, 0.15) is 0 Å². The second kappa shape index (κ2) is 7.19. The third kappa shape index (κ3) is 3.85. The number of aromatic nitrogens is 3. The van der Waals surface area contributed by atoms with Gasteiger partial charge in [-0.1, -0.05) is 30.0 Å². The number of aromatic amines is 1. The van der Waals surface area contributed by atoms with Crippen molar-refractivity contribution in [2.24, 2.45) is 0 Å². The van der Waals surface area contributed by atoms with Crippen molar-refractivity contribution in [2.45, 2.75) is 31.2 Å². The summed E-state index contributed by atoms with van der Waals surface area (Å²) in [7, 11) is 0. The fourth-order valence-corrected chi connectivity index (χ4v) is 3.53. The fraction of sp³-hybridized carbons (Fsp3) is 0.235. The highest BCUT2D eigenvalue weighted by Gasteiger charge is 2.18. The zero-order valence-electron chi connectivity index (χ0n) is 13.7. The number of hydrogen-bond acceptors (Lipinski definition) is 5. The average molecular weight is 358 g/mol. The van der Waals surface area contributed by atoms with Gasteiger partial charge in [-0.2, -0.15) is 0 Å². The number of aryl methyl sites for hydroxylation is 2. The van der Waals surface area contributed by atoms with Crippen molar-refractivity contribution in [3.63, 3.8) is 0 Å². The topological polar surface area (TPSA) is 70.7 Å². The van der Waals surface area contributed by atoms with Crippen molar-refractivity contribution >= 4 is 34.7 Å². The highest BCUT2D eigenvalue weighted by atomic mass is 32.2. The highest BCUT2D eigenvalue weighted by molar-refractivity contribution is 8.00. The van der Waals surface area contributed by atoms with E-state index in [-0.39, 0.29) is 11.2 Å². The molecule has 0 unspecified atom stereocenters. The molecule has 0 radical (unpaired) electrons. The van der Waals surface area contributed by atoms with Gasteiger partial charge in [-0.3, -0.25) is 9.89 Å². The molecule has 0 fully saturated rings. The molecule has 0 saturated carbocycles. The zero-order chi connectivity index (χ0) is 17.1. The van der Waals surface area contributed by atoms with Gasteiger partial charge in [-0.15, -0.1) is 16.4 Å². The number of carbonyl (C=O) groups is 1. The van der Waals surface area contributed by atoms with Crippen molar-refractivity contribution in [3.8, 4) is 10.7 Å². The van der Waals surface area contributed by atoms with E-state index in [4.69, 9.17) is 0 Å². The first-order chi connectivity index (χ1) is 11.5. The summed E-state index contributed by atoms with van der Waals surface area (Å²) >= 11 is 2.94. The Hall–Kier alpha value is -2.12. The number of thioether (sulfide) groups is 1. The molecule has 0 saturated heterocycles. The predicted octanol–water partition coefficient (Wildman–Crippen LogP) is 4.27. The van der Waals surface area contributed by atoms with Gasteiger partial charge in [-0.25, -0.2) is 4.98 Å². The standard InChI is InChI=1S/C17H18N4OS2/c1-10-6-7-11(2)13(9-10)18-16(22)12(3)24-17-19-15(20-21-17)14-5-4-8-23-14/h4-9,12H,1-3H3,(H,18,22)(H,19,20,21)/t12-/m1/s1. The van der Waals surface area contributed by atoms with Crippen LogP contribution in [0, 0.1) is 13.8 Å². The van der Waals surface area contributed by atoms with E-state index < -0.39 is 0 Å². The Morgan fingerprint density at radius 3 is 2.92 bits per heavy atom. The van der Waals surface area contributed by atoms with Gasteiger partial charge in [0.15, 0.2) is 5.82 Å². The van der Waals surface area contributed by atoms with E-state index >= 15 is 0 Å². The van der Waals surface area contributed by atoms with Gasteiger partial charge in [0.2, 0.25) is 11.1 Å². The first-order valence-electron chi connectivity index (χ1n) is 7.54. The molecule has 2 N–H and O–H groups in total. The lowest BCUT2D eigenvalue weighted by atomic mass is 10.1. The summed E-state index contributed by atoms with van der Waals surface area (Å²) in [6, 6.07) is 9.96. The Morgan fingerprint density at radius 2 is 2.17 bits per heavy atom. The Bertz CT molecular complexity index is 842. The number of hydrogen-bond donors (Lipinski definition) is 2. The lowest BCUT2D eigenvalue weighted by Crippen LogP contribution is -2.23. The monoisotopic (exact) mass is 358 g/mol. The van der Waals surface area contributed by atoms with E-state index in [2.05, 4.69) is 20.5 Å². The quantitative estimate of drug-likeness (QED) is 0.668. The van der Waals surface area contributed by atoms with E-state index in [1.807, 2.05) is 56.5 Å². The molecule has 0 aliphatic rings. The first kappa shape index (κ1) is 16.7. The van der Waals surface area contributed by atoms with Crippen LogP contribution in [0.4, 0.5) is 5.69 Å². The van der Waals surface area contributed by atoms with Gasteiger partial charge in [0, 0.05) is 5.69 Å². The summed E-state index contributed by atoms with van der Waals surface area (Å²) in [5.41, 5.74) is 3.01. The van der Waals surface area contributed by atoms with Crippen LogP contribution in [0.3, 0.4) is 0 Å². The number of carbonyl (C=O) groups excluding carboxylic acids is 1. The minimum atomic E-state index is -0.295. The number of thiophene rings is 1. The van der Waals surface area contributed by atoms with Gasteiger partial charge < -0.3 is 5.32 Å². The second-order valence-corrected chi connectivity index (χ2v) is 7.77. The van der Waals surface area contributed by atoms with Crippen molar-refractivity contribution in [3.05, 3.63) is 46.8 Å². The molecule has 24 heavy (non-hydrogen) atoms. The summed E-state index contributed by atoms with van der Waals surface area (Å²) in [6.45, 7) is 5.84. The largest absolute Gasteiger partial charge is 0.325 e. The molecule has 2 heterocycles. The van der Waals surface area contributed by atoms with Crippen LogP contribution >= 0.6 is 23.1 Å². The van der Waals surface area contributed by atoms with E-state index in [9.17, 15) is 4.79 Å². The maximum atomic E-state index is 12.4. The van der Waals surface area contributed by atoms with Crippen molar-refractivity contribution < 1.29 is 4.79 Å². The number of H-pyrrole nitrogens is 1. The van der Waals surface area contributed by atoms with Crippen LogP contribution in [0.5, 0.6) is 0 Å². The maximum absolute atomic E-state index is 12.4. The summed E-state index contributed by atoms with van der Waals surface area (Å²) < 4.78 is 0. The smallest absolute Gasteiger partial charge is 0.237 e. The molecule has 1 atom stereocenters. The molecule has 3 rings (SSSR count). The number of benzene rings is 1. The number of rotatable bonds is 5. The summed E-state index contributed by atoms with van der Waals surface area (Å²) in [5, 5.41) is 12.4. The van der Waals surface area contributed by atoms with E-state index in [0.717, 1.165) is 27.5 Å². The van der Waals surface area contributed by atoms with Gasteiger partial charge in [0.25, 0.3) is 0 Å². The Labute approximate surface area is 148 Å². The van der Waals surface area contributed by atoms with Gasteiger partial charge in [0.05, 0.1) is 10.1 Å². The van der Waals surface area contributed by atoms with Crippen LogP contribution in [0.15, 0.2) is 40.9 Å². The van der Waals surface area contributed by atoms with E-state index in [1.54, 1.807) is 11.3 Å². The molecule has 2 aromatic heterocycles. The number of anilines is 1. The molecule has 124 valence electrons. The Balaban J connectivity index is 1.65. The molecular weight excluding hydrogens is 340 g/mol. The molecule has 0 spiro atoms. The SMILES string of the molecule is Cc1ccc(C)c(NC(=O)[C@@H](C)Sc2n[nH]c(-c3cccs3)n2)c1. The third-order valence-corrected chi connectivity index (χ3v) is 5.36. The molecule has 7 heteroatoms. The molecule has 1 aromatic carbocycles. The summed E-state index contributed by atoms with van der Waals surface area (Å²) in [6.07, 6.45) is 0. The first-order valence-corrected chi connectivity index (χ1v) is 9.30. The summed E-state index contributed by atoms with van der Waals surface area (Å²) in [5.74, 6) is 0.672. The molecule has 3 aromatic rings. The van der Waals surface area contributed by atoms with Crippen molar-refractivity contribution in [2.75, 3.05) is 5.32 Å². The van der Waals surface area contributed by atoms with Crippen LogP contribution in [0.1, 0.15) is 18.1 Å². The van der Waals surface area contributed by atoms with Crippen LogP contribution < -0.4 is 5.32 Å². The van der Waals surface area contributed by atoms with Crippen LogP contribution in [0.2, 0.25) is 0 Å². The highest BCUT2D eigenvalue weighted by Crippen LogP contribution is 2.26.